The predicted molar refractivity (Wildman–Crippen MR) is 69.1 cm³/mol. The van der Waals surface area contributed by atoms with E-state index in [2.05, 4.69) is 25.4 Å². The van der Waals surface area contributed by atoms with Gasteiger partial charge in [-0.2, -0.15) is 0 Å². The number of nitrogens with zero attached hydrogens (tertiary/aromatic N) is 2. The SMILES string of the molecule is COC(=O)CCNc1ncnc(NN)c1C(C)C. The Bertz CT molecular complexity index is 408. The number of esters is 1. The van der Waals surface area contributed by atoms with E-state index in [0.29, 0.717) is 18.2 Å². The summed E-state index contributed by atoms with van der Waals surface area (Å²) in [6, 6.07) is 0. The van der Waals surface area contributed by atoms with Gasteiger partial charge in [-0.15, -0.1) is 0 Å². The fourth-order valence-electron chi connectivity index (χ4n) is 1.58. The predicted octanol–water partition coefficient (Wildman–Crippen LogP) is 0.861. The molecule has 1 heterocycles. The van der Waals surface area contributed by atoms with Crippen molar-refractivity contribution < 1.29 is 9.53 Å². The maximum Gasteiger partial charge on any atom is 0.307 e. The van der Waals surface area contributed by atoms with Gasteiger partial charge in [0.1, 0.15) is 18.0 Å². The van der Waals surface area contributed by atoms with Crippen LogP contribution in [0.15, 0.2) is 6.33 Å². The number of anilines is 2. The van der Waals surface area contributed by atoms with Gasteiger partial charge in [0.15, 0.2) is 0 Å². The lowest BCUT2D eigenvalue weighted by Crippen LogP contribution is -2.16. The highest BCUT2D eigenvalue weighted by Crippen LogP contribution is 2.27. The first-order valence-corrected chi connectivity index (χ1v) is 5.72. The zero-order chi connectivity index (χ0) is 13.5. The Balaban J connectivity index is 2.78. The van der Waals surface area contributed by atoms with Crippen LogP contribution in [0, 0.1) is 0 Å². The number of aromatic nitrogens is 2. The smallest absolute Gasteiger partial charge is 0.307 e. The molecular weight excluding hydrogens is 234 g/mol. The second kappa shape index (κ2) is 6.75. The van der Waals surface area contributed by atoms with Gasteiger partial charge >= 0.3 is 5.97 Å². The van der Waals surface area contributed by atoms with Crippen molar-refractivity contribution in [1.29, 1.82) is 0 Å². The molecule has 7 heteroatoms. The van der Waals surface area contributed by atoms with Crippen LogP contribution in [-0.2, 0) is 9.53 Å². The molecule has 0 aliphatic heterocycles. The Morgan fingerprint density at radius 2 is 2.11 bits per heavy atom. The molecule has 0 saturated heterocycles. The monoisotopic (exact) mass is 253 g/mol. The lowest BCUT2D eigenvalue weighted by Gasteiger charge is -2.16. The van der Waals surface area contributed by atoms with E-state index >= 15 is 0 Å². The summed E-state index contributed by atoms with van der Waals surface area (Å²) >= 11 is 0. The highest BCUT2D eigenvalue weighted by Gasteiger charge is 2.14. The van der Waals surface area contributed by atoms with Gasteiger partial charge in [-0.1, -0.05) is 13.8 Å². The van der Waals surface area contributed by atoms with Gasteiger partial charge in [0.25, 0.3) is 0 Å². The van der Waals surface area contributed by atoms with Crippen molar-refractivity contribution in [2.45, 2.75) is 26.2 Å². The van der Waals surface area contributed by atoms with E-state index in [9.17, 15) is 4.79 Å². The molecule has 0 fully saturated rings. The van der Waals surface area contributed by atoms with Crippen molar-refractivity contribution in [3.63, 3.8) is 0 Å². The number of nitrogens with one attached hydrogen (secondary N) is 2. The van der Waals surface area contributed by atoms with Crippen LogP contribution in [0.2, 0.25) is 0 Å². The molecule has 0 unspecified atom stereocenters. The van der Waals surface area contributed by atoms with E-state index in [0.717, 1.165) is 5.56 Å². The molecule has 18 heavy (non-hydrogen) atoms. The Hall–Kier alpha value is -1.89. The third kappa shape index (κ3) is 3.56. The summed E-state index contributed by atoms with van der Waals surface area (Å²) in [7, 11) is 1.36. The molecule has 0 radical (unpaired) electrons. The normalized spacial score (nSPS) is 10.3. The quantitative estimate of drug-likeness (QED) is 0.392. The molecular formula is C11H19N5O2. The molecule has 100 valence electrons. The number of carbonyl (C=O) groups is 1. The van der Waals surface area contributed by atoms with E-state index in [4.69, 9.17) is 5.84 Å². The summed E-state index contributed by atoms with van der Waals surface area (Å²) in [5.41, 5.74) is 3.44. The van der Waals surface area contributed by atoms with Crippen molar-refractivity contribution in [3.8, 4) is 0 Å². The fraction of sp³-hybridized carbons (Fsp3) is 0.545. The molecule has 4 N–H and O–H groups in total. The van der Waals surface area contributed by atoms with Crippen molar-refractivity contribution in [2.24, 2.45) is 5.84 Å². The van der Waals surface area contributed by atoms with Crippen LogP contribution >= 0.6 is 0 Å². The molecule has 0 saturated carbocycles. The zero-order valence-corrected chi connectivity index (χ0v) is 10.9. The van der Waals surface area contributed by atoms with Crippen LogP contribution < -0.4 is 16.6 Å². The molecule has 1 aromatic heterocycles. The first kappa shape index (κ1) is 14.2. The summed E-state index contributed by atoms with van der Waals surface area (Å²) in [6.45, 7) is 4.49. The molecule has 0 atom stereocenters. The molecule has 0 aliphatic rings. The molecule has 0 aromatic carbocycles. The molecule has 0 aliphatic carbocycles. The molecule has 0 spiro atoms. The molecule has 1 aromatic rings. The number of nitrogens with two attached hydrogens (primary N) is 1. The number of hydrogen-bond acceptors (Lipinski definition) is 7. The molecule has 1 rings (SSSR count). The molecule has 0 bridgehead atoms. The minimum absolute atomic E-state index is 0.206. The first-order chi connectivity index (χ1) is 8.60. The highest BCUT2D eigenvalue weighted by molar-refractivity contribution is 5.70. The minimum Gasteiger partial charge on any atom is -0.469 e. The lowest BCUT2D eigenvalue weighted by molar-refractivity contribution is -0.140. The van der Waals surface area contributed by atoms with E-state index in [1.54, 1.807) is 0 Å². The molecule has 0 amide bonds. The number of carbonyl (C=O) groups excluding carboxylic acids is 1. The number of rotatable bonds is 6. The summed E-state index contributed by atoms with van der Waals surface area (Å²) in [5.74, 6) is 6.62. The summed E-state index contributed by atoms with van der Waals surface area (Å²) in [5, 5.41) is 3.09. The van der Waals surface area contributed by atoms with Crippen molar-refractivity contribution >= 4 is 17.6 Å². The van der Waals surface area contributed by atoms with Gasteiger partial charge in [0, 0.05) is 12.1 Å². The second-order valence-electron chi connectivity index (χ2n) is 4.04. The average molecular weight is 253 g/mol. The van der Waals surface area contributed by atoms with Crippen LogP contribution in [0.1, 0.15) is 31.7 Å². The van der Waals surface area contributed by atoms with Crippen LogP contribution in [0.3, 0.4) is 0 Å². The number of ether oxygens (including phenoxy) is 1. The zero-order valence-electron chi connectivity index (χ0n) is 10.9. The minimum atomic E-state index is -0.264. The van der Waals surface area contributed by atoms with E-state index < -0.39 is 0 Å². The van der Waals surface area contributed by atoms with Crippen molar-refractivity contribution in [2.75, 3.05) is 24.4 Å². The van der Waals surface area contributed by atoms with Crippen LogP contribution in [0.5, 0.6) is 0 Å². The van der Waals surface area contributed by atoms with Crippen LogP contribution in [-0.4, -0.2) is 29.6 Å². The number of methoxy groups -OCH3 is 1. The third-order valence-electron chi connectivity index (χ3n) is 2.45. The summed E-state index contributed by atoms with van der Waals surface area (Å²) < 4.78 is 4.57. The number of hydrogen-bond donors (Lipinski definition) is 3. The van der Waals surface area contributed by atoms with Gasteiger partial charge in [0.2, 0.25) is 0 Å². The van der Waals surface area contributed by atoms with Crippen LogP contribution in [0.4, 0.5) is 11.6 Å². The van der Waals surface area contributed by atoms with Crippen molar-refractivity contribution in [1.82, 2.24) is 9.97 Å². The van der Waals surface area contributed by atoms with Gasteiger partial charge in [0.05, 0.1) is 13.5 Å². The largest absolute Gasteiger partial charge is 0.469 e. The fourth-order valence-corrected chi connectivity index (χ4v) is 1.58. The number of hydrazine groups is 1. The Morgan fingerprint density at radius 1 is 1.44 bits per heavy atom. The maximum atomic E-state index is 11.0. The average Bonchev–Trinajstić information content (AvgIpc) is 2.37. The lowest BCUT2D eigenvalue weighted by atomic mass is 10.0. The first-order valence-electron chi connectivity index (χ1n) is 5.72. The van der Waals surface area contributed by atoms with E-state index in [1.807, 2.05) is 13.8 Å². The summed E-state index contributed by atoms with van der Waals surface area (Å²) in [6.07, 6.45) is 1.70. The van der Waals surface area contributed by atoms with E-state index in [1.165, 1.54) is 13.4 Å². The Morgan fingerprint density at radius 3 is 2.67 bits per heavy atom. The maximum absolute atomic E-state index is 11.0. The number of nitrogen functional groups attached to an aromatic ring is 1. The summed E-state index contributed by atoms with van der Waals surface area (Å²) in [4.78, 5) is 19.2. The standard InChI is InChI=1S/C11H19N5O2/c1-7(2)9-10(13-5-4-8(17)18-3)14-6-15-11(9)16-12/h6-7H,4-5,12H2,1-3H3,(H2,13,14,15,16). The van der Waals surface area contributed by atoms with E-state index in [-0.39, 0.29) is 18.3 Å². The van der Waals surface area contributed by atoms with Gasteiger partial charge < -0.3 is 15.5 Å². The van der Waals surface area contributed by atoms with Crippen LogP contribution in [0.25, 0.3) is 0 Å². The van der Waals surface area contributed by atoms with Gasteiger partial charge in [-0.05, 0) is 5.92 Å². The van der Waals surface area contributed by atoms with Gasteiger partial charge in [-0.3, -0.25) is 4.79 Å². The Labute approximate surface area is 106 Å². The van der Waals surface area contributed by atoms with Gasteiger partial charge in [-0.25, -0.2) is 15.8 Å². The molecule has 7 nitrogen and oxygen atoms in total. The van der Waals surface area contributed by atoms with Crippen molar-refractivity contribution in [3.05, 3.63) is 11.9 Å². The topological polar surface area (TPSA) is 102 Å². The Kier molecular flexibility index (Phi) is 5.31. The highest BCUT2D eigenvalue weighted by atomic mass is 16.5. The third-order valence-corrected chi connectivity index (χ3v) is 2.45. The second-order valence-corrected chi connectivity index (χ2v) is 4.04.